The zero-order valence-electron chi connectivity index (χ0n) is 13.4. The molecule has 3 rings (SSSR count). The van der Waals surface area contributed by atoms with Gasteiger partial charge in [0.15, 0.2) is 0 Å². The highest BCUT2D eigenvalue weighted by atomic mass is 35.5. The van der Waals surface area contributed by atoms with Crippen molar-refractivity contribution in [1.82, 2.24) is 20.4 Å². The smallest absolute Gasteiger partial charge is 0.241 e. The summed E-state index contributed by atoms with van der Waals surface area (Å²) in [5.74, 6) is -0.0582. The van der Waals surface area contributed by atoms with Crippen LogP contribution in [0.15, 0.2) is 24.3 Å². The van der Waals surface area contributed by atoms with Gasteiger partial charge in [0, 0.05) is 12.6 Å². The molecule has 122 valence electrons. The van der Waals surface area contributed by atoms with Gasteiger partial charge in [-0.2, -0.15) is 5.10 Å². The number of aromatic nitrogens is 2. The molecule has 1 amide bonds. The van der Waals surface area contributed by atoms with Crippen molar-refractivity contribution in [3.63, 3.8) is 0 Å². The van der Waals surface area contributed by atoms with Gasteiger partial charge in [0.05, 0.1) is 16.4 Å². The molecule has 0 saturated heterocycles. The van der Waals surface area contributed by atoms with E-state index in [1.165, 1.54) is 11.1 Å². The lowest BCUT2D eigenvalue weighted by molar-refractivity contribution is -0.122. The lowest BCUT2D eigenvalue weighted by Gasteiger charge is -2.27. The number of hydrogen-bond donors (Lipinski definition) is 2. The molecular weight excluding hydrogens is 312 g/mol. The van der Waals surface area contributed by atoms with Gasteiger partial charge in [-0.15, -0.1) is 0 Å². The summed E-state index contributed by atoms with van der Waals surface area (Å²) in [6.07, 6.45) is 1.03. The summed E-state index contributed by atoms with van der Waals surface area (Å²) in [4.78, 5) is 12.2. The first-order valence-electron chi connectivity index (χ1n) is 7.83. The van der Waals surface area contributed by atoms with Gasteiger partial charge in [0.25, 0.3) is 0 Å². The average molecular weight is 333 g/mol. The number of amides is 1. The molecule has 1 aliphatic heterocycles. The maximum atomic E-state index is 12.2. The maximum Gasteiger partial charge on any atom is 0.241 e. The quantitative estimate of drug-likeness (QED) is 0.902. The number of halogens is 1. The zero-order valence-corrected chi connectivity index (χ0v) is 14.2. The number of carbonyl (C=O) groups is 1. The molecule has 0 spiro atoms. The number of rotatable bonds is 4. The monoisotopic (exact) mass is 332 g/mol. The van der Waals surface area contributed by atoms with E-state index in [1.54, 1.807) is 4.68 Å². The second-order valence-electron chi connectivity index (χ2n) is 5.90. The molecular formula is C17H21ClN4O. The average Bonchev–Trinajstić information content (AvgIpc) is 2.80. The molecule has 0 fully saturated rings. The van der Waals surface area contributed by atoms with Gasteiger partial charge in [-0.05, 0) is 37.9 Å². The van der Waals surface area contributed by atoms with Crippen LogP contribution >= 0.6 is 11.6 Å². The summed E-state index contributed by atoms with van der Waals surface area (Å²) in [6.45, 7) is 5.41. The highest BCUT2D eigenvalue weighted by Crippen LogP contribution is 2.22. The molecule has 0 radical (unpaired) electrons. The Balaban J connectivity index is 1.61. The summed E-state index contributed by atoms with van der Waals surface area (Å²) >= 11 is 6.11. The van der Waals surface area contributed by atoms with Crippen molar-refractivity contribution in [2.75, 3.05) is 13.1 Å². The molecule has 0 aliphatic carbocycles. The Hall–Kier alpha value is -1.85. The second kappa shape index (κ2) is 6.72. The molecule has 1 atom stereocenters. The molecule has 1 aromatic heterocycles. The molecule has 23 heavy (non-hydrogen) atoms. The fraction of sp³-hybridized carbons (Fsp3) is 0.412. The van der Waals surface area contributed by atoms with E-state index in [1.807, 2.05) is 19.9 Å². The summed E-state index contributed by atoms with van der Waals surface area (Å²) in [5.41, 5.74) is 4.20. The highest BCUT2D eigenvalue weighted by molar-refractivity contribution is 6.31. The number of nitrogens with zero attached hydrogens (tertiary/aromatic N) is 2. The lowest BCUT2D eigenvalue weighted by Crippen LogP contribution is -2.40. The van der Waals surface area contributed by atoms with Gasteiger partial charge >= 0.3 is 0 Å². The number of fused-ring (bicyclic) bond motifs is 1. The zero-order chi connectivity index (χ0) is 16.4. The highest BCUT2D eigenvalue weighted by Gasteiger charge is 2.20. The van der Waals surface area contributed by atoms with Crippen LogP contribution in [0.25, 0.3) is 0 Å². The third kappa shape index (κ3) is 3.41. The molecule has 6 heteroatoms. The topological polar surface area (TPSA) is 59.0 Å². The molecule has 1 aromatic carbocycles. The SMILES string of the molecule is Cc1nn(CC(=O)NCC2NCCc3ccccc32)c(C)c1Cl. The first-order valence-corrected chi connectivity index (χ1v) is 8.21. The molecule has 0 saturated carbocycles. The van der Waals surface area contributed by atoms with Crippen molar-refractivity contribution in [2.45, 2.75) is 32.9 Å². The first-order chi connectivity index (χ1) is 11.1. The van der Waals surface area contributed by atoms with Gasteiger partial charge in [-0.1, -0.05) is 35.9 Å². The Morgan fingerprint density at radius 1 is 1.43 bits per heavy atom. The van der Waals surface area contributed by atoms with E-state index in [4.69, 9.17) is 11.6 Å². The Labute approximate surface area is 141 Å². The van der Waals surface area contributed by atoms with E-state index in [0.717, 1.165) is 24.4 Å². The predicted octanol–water partition coefficient (Wildman–Crippen LogP) is 2.16. The van der Waals surface area contributed by atoms with Crippen LogP contribution in [-0.4, -0.2) is 28.8 Å². The van der Waals surface area contributed by atoms with Gasteiger partial charge in [0.2, 0.25) is 5.91 Å². The normalized spacial score (nSPS) is 16.9. The summed E-state index contributed by atoms with van der Waals surface area (Å²) in [6, 6.07) is 8.54. The molecule has 1 aliphatic rings. The molecule has 2 N–H and O–H groups in total. The number of benzene rings is 1. The van der Waals surface area contributed by atoms with Crippen molar-refractivity contribution in [2.24, 2.45) is 0 Å². The van der Waals surface area contributed by atoms with Gasteiger partial charge < -0.3 is 10.6 Å². The van der Waals surface area contributed by atoms with Crippen molar-refractivity contribution < 1.29 is 4.79 Å². The number of nitrogens with one attached hydrogen (secondary N) is 2. The maximum absolute atomic E-state index is 12.2. The van der Waals surface area contributed by atoms with Crippen molar-refractivity contribution in [3.8, 4) is 0 Å². The van der Waals surface area contributed by atoms with E-state index in [-0.39, 0.29) is 18.5 Å². The van der Waals surface area contributed by atoms with Crippen LogP contribution in [0.4, 0.5) is 0 Å². The Morgan fingerprint density at radius 3 is 2.96 bits per heavy atom. The fourth-order valence-corrected chi connectivity index (χ4v) is 3.15. The molecule has 5 nitrogen and oxygen atoms in total. The first kappa shape index (κ1) is 16.0. The third-order valence-corrected chi connectivity index (χ3v) is 4.85. The van der Waals surface area contributed by atoms with Crippen molar-refractivity contribution in [3.05, 3.63) is 51.8 Å². The molecule has 2 heterocycles. The van der Waals surface area contributed by atoms with Crippen LogP contribution in [0.1, 0.15) is 28.6 Å². The number of carbonyl (C=O) groups excluding carboxylic acids is 1. The molecule has 0 bridgehead atoms. The van der Waals surface area contributed by atoms with Crippen molar-refractivity contribution >= 4 is 17.5 Å². The third-order valence-electron chi connectivity index (χ3n) is 4.31. The Kier molecular flexibility index (Phi) is 4.68. The van der Waals surface area contributed by atoms with Gasteiger partial charge in [0.1, 0.15) is 6.54 Å². The van der Waals surface area contributed by atoms with E-state index in [0.29, 0.717) is 11.6 Å². The number of hydrogen-bond acceptors (Lipinski definition) is 3. The van der Waals surface area contributed by atoms with Crippen LogP contribution in [0.2, 0.25) is 5.02 Å². The standard InChI is InChI=1S/C17H21ClN4O/c1-11-17(18)12(2)22(21-11)10-16(23)20-9-15-14-6-4-3-5-13(14)7-8-19-15/h3-6,15,19H,7-10H2,1-2H3,(H,20,23). The Bertz CT molecular complexity index is 725. The minimum Gasteiger partial charge on any atom is -0.353 e. The Morgan fingerprint density at radius 2 is 2.22 bits per heavy atom. The van der Waals surface area contributed by atoms with Crippen LogP contribution in [0.5, 0.6) is 0 Å². The van der Waals surface area contributed by atoms with Crippen LogP contribution in [-0.2, 0) is 17.8 Å². The summed E-state index contributed by atoms with van der Waals surface area (Å²) in [5, 5.41) is 11.4. The second-order valence-corrected chi connectivity index (χ2v) is 6.28. The van der Waals surface area contributed by atoms with Crippen LogP contribution in [0, 0.1) is 13.8 Å². The van der Waals surface area contributed by atoms with E-state index >= 15 is 0 Å². The van der Waals surface area contributed by atoms with Gasteiger partial charge in [-0.25, -0.2) is 0 Å². The minimum atomic E-state index is -0.0582. The van der Waals surface area contributed by atoms with E-state index < -0.39 is 0 Å². The molecule has 1 unspecified atom stereocenters. The lowest BCUT2D eigenvalue weighted by atomic mass is 9.94. The predicted molar refractivity (Wildman–Crippen MR) is 90.6 cm³/mol. The molecule has 2 aromatic rings. The summed E-state index contributed by atoms with van der Waals surface area (Å²) < 4.78 is 1.65. The van der Waals surface area contributed by atoms with Crippen LogP contribution in [0.3, 0.4) is 0 Å². The largest absolute Gasteiger partial charge is 0.353 e. The van der Waals surface area contributed by atoms with Crippen LogP contribution < -0.4 is 10.6 Å². The van der Waals surface area contributed by atoms with E-state index in [9.17, 15) is 4.79 Å². The van der Waals surface area contributed by atoms with Gasteiger partial charge in [-0.3, -0.25) is 9.48 Å². The summed E-state index contributed by atoms with van der Waals surface area (Å²) in [7, 11) is 0. The minimum absolute atomic E-state index is 0.0582. The fourth-order valence-electron chi connectivity index (χ4n) is 3.01. The van der Waals surface area contributed by atoms with E-state index in [2.05, 4.69) is 33.9 Å². The van der Waals surface area contributed by atoms with Crippen molar-refractivity contribution in [1.29, 1.82) is 0 Å². The number of aryl methyl sites for hydroxylation is 1.